The molecule has 0 aromatic heterocycles. The normalized spacial score (nSPS) is 10.5. The Labute approximate surface area is 120 Å². The summed E-state index contributed by atoms with van der Waals surface area (Å²) < 4.78 is 1.02. The van der Waals surface area contributed by atoms with Crippen molar-refractivity contribution in [3.63, 3.8) is 0 Å². The van der Waals surface area contributed by atoms with Gasteiger partial charge in [0.1, 0.15) is 0 Å². The van der Waals surface area contributed by atoms with Gasteiger partial charge in [0, 0.05) is 20.1 Å². The molecule has 0 bridgehead atoms. The summed E-state index contributed by atoms with van der Waals surface area (Å²) in [6, 6.07) is 14.4. The second kappa shape index (κ2) is 5.94. The Bertz CT molecular complexity index is 525. The summed E-state index contributed by atoms with van der Waals surface area (Å²) in [4.78, 5) is 1.31. The molecule has 0 heterocycles. The van der Waals surface area contributed by atoms with Crippen molar-refractivity contribution in [3.05, 3.63) is 63.1 Å². The van der Waals surface area contributed by atoms with E-state index < -0.39 is 0 Å². The van der Waals surface area contributed by atoms with Crippen LogP contribution in [-0.2, 0) is 5.75 Å². The molecule has 0 saturated heterocycles. The molecule has 17 heavy (non-hydrogen) atoms. The topological polar surface area (TPSA) is 0 Å². The number of benzene rings is 2. The molecule has 0 aliphatic carbocycles. The fourth-order valence-corrected chi connectivity index (χ4v) is 3.37. The summed E-state index contributed by atoms with van der Waals surface area (Å²) in [5.74, 6) is 0.900. The van der Waals surface area contributed by atoms with Gasteiger partial charge < -0.3 is 0 Å². The Morgan fingerprint density at radius 3 is 2.65 bits per heavy atom. The van der Waals surface area contributed by atoms with Crippen LogP contribution in [0.5, 0.6) is 0 Å². The molecule has 0 amide bonds. The maximum atomic E-state index is 6.19. The van der Waals surface area contributed by atoms with E-state index in [1.807, 2.05) is 23.9 Å². The zero-order chi connectivity index (χ0) is 12.3. The van der Waals surface area contributed by atoms with Gasteiger partial charge in [0.2, 0.25) is 0 Å². The van der Waals surface area contributed by atoms with Crippen LogP contribution in [-0.4, -0.2) is 0 Å². The van der Waals surface area contributed by atoms with Crippen molar-refractivity contribution in [1.82, 2.24) is 0 Å². The Hall–Kier alpha value is -0.440. The number of rotatable bonds is 3. The molecule has 0 nitrogen and oxygen atoms in total. The highest BCUT2D eigenvalue weighted by atomic mass is 79.9. The van der Waals surface area contributed by atoms with Crippen LogP contribution in [0.2, 0.25) is 5.02 Å². The minimum atomic E-state index is 0.820. The SMILES string of the molecule is Cc1ccccc1SCc1ccc(Br)cc1Cl. The van der Waals surface area contributed by atoms with Gasteiger partial charge in [-0.15, -0.1) is 11.8 Å². The van der Waals surface area contributed by atoms with Gasteiger partial charge in [-0.3, -0.25) is 0 Å². The van der Waals surface area contributed by atoms with E-state index in [2.05, 4.69) is 53.2 Å². The molecule has 88 valence electrons. The van der Waals surface area contributed by atoms with Gasteiger partial charge in [0.05, 0.1) is 0 Å². The summed E-state index contributed by atoms with van der Waals surface area (Å²) in [6.07, 6.45) is 0. The molecule has 0 saturated carbocycles. The molecule has 0 unspecified atom stereocenters. The molecule has 2 rings (SSSR count). The van der Waals surface area contributed by atoms with E-state index in [1.54, 1.807) is 0 Å². The average molecular weight is 328 g/mol. The molecule has 2 aromatic rings. The molecule has 0 N–H and O–H groups in total. The number of halogens is 2. The minimum absolute atomic E-state index is 0.820. The van der Waals surface area contributed by atoms with E-state index >= 15 is 0 Å². The van der Waals surface area contributed by atoms with Crippen LogP contribution in [0, 0.1) is 6.92 Å². The first-order chi connectivity index (χ1) is 8.16. The largest absolute Gasteiger partial charge is 0.121 e. The van der Waals surface area contributed by atoms with E-state index in [0.717, 1.165) is 15.2 Å². The summed E-state index contributed by atoms with van der Waals surface area (Å²) in [7, 11) is 0. The smallest absolute Gasteiger partial charge is 0.0457 e. The highest BCUT2D eigenvalue weighted by Crippen LogP contribution is 2.30. The van der Waals surface area contributed by atoms with Gasteiger partial charge in [-0.05, 0) is 36.2 Å². The van der Waals surface area contributed by atoms with Crippen molar-refractivity contribution in [3.8, 4) is 0 Å². The van der Waals surface area contributed by atoms with Gasteiger partial charge in [-0.25, -0.2) is 0 Å². The zero-order valence-corrected chi connectivity index (χ0v) is 12.6. The standard InChI is InChI=1S/C14H12BrClS/c1-10-4-2-3-5-14(10)17-9-11-6-7-12(15)8-13(11)16/h2-8H,9H2,1H3. The maximum absolute atomic E-state index is 6.19. The highest BCUT2D eigenvalue weighted by Gasteiger charge is 2.03. The van der Waals surface area contributed by atoms with Gasteiger partial charge in [0.15, 0.2) is 0 Å². The number of hydrogen-bond donors (Lipinski definition) is 0. The van der Waals surface area contributed by atoms with Crippen molar-refractivity contribution in [2.45, 2.75) is 17.6 Å². The van der Waals surface area contributed by atoms with Crippen LogP contribution in [0.1, 0.15) is 11.1 Å². The molecule has 0 atom stereocenters. The second-order valence-electron chi connectivity index (χ2n) is 3.79. The first-order valence-electron chi connectivity index (χ1n) is 5.29. The molecular weight excluding hydrogens is 316 g/mol. The Balaban J connectivity index is 2.10. The third kappa shape index (κ3) is 3.51. The first kappa shape index (κ1) is 13.0. The van der Waals surface area contributed by atoms with Crippen molar-refractivity contribution in [2.75, 3.05) is 0 Å². The van der Waals surface area contributed by atoms with Crippen LogP contribution in [0.25, 0.3) is 0 Å². The van der Waals surface area contributed by atoms with E-state index in [0.29, 0.717) is 0 Å². The van der Waals surface area contributed by atoms with Crippen molar-refractivity contribution in [1.29, 1.82) is 0 Å². The van der Waals surface area contributed by atoms with E-state index in [9.17, 15) is 0 Å². The third-order valence-corrected chi connectivity index (χ3v) is 4.56. The van der Waals surface area contributed by atoms with Crippen LogP contribution in [0.15, 0.2) is 51.8 Å². The van der Waals surface area contributed by atoms with Crippen LogP contribution in [0.4, 0.5) is 0 Å². The predicted molar refractivity (Wildman–Crippen MR) is 79.9 cm³/mol. The number of thioether (sulfide) groups is 1. The van der Waals surface area contributed by atoms with Crippen molar-refractivity contribution < 1.29 is 0 Å². The lowest BCUT2D eigenvalue weighted by atomic mass is 10.2. The summed E-state index contributed by atoms with van der Waals surface area (Å²) in [5, 5.41) is 0.820. The minimum Gasteiger partial charge on any atom is -0.121 e. The van der Waals surface area contributed by atoms with Crippen molar-refractivity contribution >= 4 is 39.3 Å². The molecule has 0 aliphatic heterocycles. The molecule has 0 spiro atoms. The second-order valence-corrected chi connectivity index (χ2v) is 6.13. The molecular formula is C14H12BrClS. The van der Waals surface area contributed by atoms with Gasteiger partial charge in [-0.2, -0.15) is 0 Å². The van der Waals surface area contributed by atoms with Crippen LogP contribution < -0.4 is 0 Å². The number of aryl methyl sites for hydroxylation is 1. The Morgan fingerprint density at radius 1 is 1.18 bits per heavy atom. The summed E-state index contributed by atoms with van der Waals surface area (Å²) in [6.45, 7) is 2.13. The predicted octanol–water partition coefficient (Wildman–Crippen LogP) is 5.70. The fourth-order valence-electron chi connectivity index (χ4n) is 1.51. The van der Waals surface area contributed by atoms with Crippen molar-refractivity contribution in [2.24, 2.45) is 0 Å². The highest BCUT2D eigenvalue weighted by molar-refractivity contribution is 9.10. The molecule has 0 fully saturated rings. The fraction of sp³-hybridized carbons (Fsp3) is 0.143. The lowest BCUT2D eigenvalue weighted by molar-refractivity contribution is 1.29. The molecule has 0 radical (unpaired) electrons. The average Bonchev–Trinajstić information content (AvgIpc) is 2.30. The monoisotopic (exact) mass is 326 g/mol. The van der Waals surface area contributed by atoms with E-state index in [1.165, 1.54) is 16.0 Å². The lowest BCUT2D eigenvalue weighted by Gasteiger charge is -2.07. The quantitative estimate of drug-likeness (QED) is 0.651. The van der Waals surface area contributed by atoms with Gasteiger partial charge in [-0.1, -0.05) is 51.8 Å². The number of hydrogen-bond acceptors (Lipinski definition) is 1. The Morgan fingerprint density at radius 2 is 1.94 bits per heavy atom. The summed E-state index contributed by atoms with van der Waals surface area (Å²) >= 11 is 11.4. The van der Waals surface area contributed by atoms with Crippen LogP contribution >= 0.6 is 39.3 Å². The third-order valence-electron chi connectivity index (χ3n) is 2.49. The maximum Gasteiger partial charge on any atom is 0.0457 e. The first-order valence-corrected chi connectivity index (χ1v) is 7.45. The molecule has 3 heteroatoms. The molecule has 0 aliphatic rings. The summed E-state index contributed by atoms with van der Waals surface area (Å²) in [5.41, 5.74) is 2.48. The lowest BCUT2D eigenvalue weighted by Crippen LogP contribution is -1.84. The van der Waals surface area contributed by atoms with E-state index in [-0.39, 0.29) is 0 Å². The van der Waals surface area contributed by atoms with E-state index in [4.69, 9.17) is 11.6 Å². The van der Waals surface area contributed by atoms with Gasteiger partial charge in [0.25, 0.3) is 0 Å². The zero-order valence-electron chi connectivity index (χ0n) is 9.41. The van der Waals surface area contributed by atoms with Crippen LogP contribution in [0.3, 0.4) is 0 Å². The Kier molecular flexibility index (Phi) is 4.55. The molecule has 2 aromatic carbocycles. The van der Waals surface area contributed by atoms with Gasteiger partial charge >= 0.3 is 0 Å².